The summed E-state index contributed by atoms with van der Waals surface area (Å²) in [5.41, 5.74) is 8.18. The molecule has 27 heavy (non-hydrogen) atoms. The van der Waals surface area contributed by atoms with E-state index in [-0.39, 0.29) is 11.9 Å². The summed E-state index contributed by atoms with van der Waals surface area (Å²) in [5, 5.41) is 3.05. The molecule has 4 nitrogen and oxygen atoms in total. The van der Waals surface area contributed by atoms with Gasteiger partial charge in [0.25, 0.3) is 0 Å². The number of benzene rings is 1. The normalized spacial score (nSPS) is 16.1. The summed E-state index contributed by atoms with van der Waals surface area (Å²) in [6, 6.07) is 6.23. The van der Waals surface area contributed by atoms with Gasteiger partial charge in [-0.15, -0.1) is 0 Å². The van der Waals surface area contributed by atoms with Crippen LogP contribution in [-0.4, -0.2) is 18.6 Å². The van der Waals surface area contributed by atoms with Gasteiger partial charge in [-0.3, -0.25) is 4.79 Å². The number of nitrogens with one attached hydrogen (secondary N) is 1. The van der Waals surface area contributed by atoms with Crippen LogP contribution in [0, 0.1) is 5.92 Å². The molecule has 1 fully saturated rings. The molecule has 1 aromatic rings. The van der Waals surface area contributed by atoms with Crippen molar-refractivity contribution in [2.75, 3.05) is 11.9 Å². The van der Waals surface area contributed by atoms with Crippen LogP contribution < -0.4 is 15.8 Å². The maximum absolute atomic E-state index is 12.4. The summed E-state index contributed by atoms with van der Waals surface area (Å²) in [6.45, 7) is 4.73. The lowest BCUT2D eigenvalue weighted by Crippen LogP contribution is -2.22. The Kier molecular flexibility index (Phi) is 9.68. The minimum atomic E-state index is 0.0916. The molecule has 0 radical (unpaired) electrons. The van der Waals surface area contributed by atoms with Crippen molar-refractivity contribution < 1.29 is 9.53 Å². The van der Waals surface area contributed by atoms with Crippen LogP contribution in [0.5, 0.6) is 5.75 Å². The minimum absolute atomic E-state index is 0.0916. The summed E-state index contributed by atoms with van der Waals surface area (Å²) < 4.78 is 5.78. The van der Waals surface area contributed by atoms with E-state index in [1.54, 1.807) is 0 Å². The molecule has 0 heterocycles. The van der Waals surface area contributed by atoms with Gasteiger partial charge in [-0.2, -0.15) is 0 Å². The van der Waals surface area contributed by atoms with Gasteiger partial charge >= 0.3 is 0 Å². The Hall–Kier alpha value is -1.55. The first-order chi connectivity index (χ1) is 13.1. The lowest BCUT2D eigenvalue weighted by Gasteiger charge is -2.21. The van der Waals surface area contributed by atoms with Crippen LogP contribution in [0.15, 0.2) is 18.2 Å². The van der Waals surface area contributed by atoms with Crippen molar-refractivity contribution in [3.8, 4) is 5.75 Å². The van der Waals surface area contributed by atoms with Gasteiger partial charge in [-0.05, 0) is 49.8 Å². The number of hydrogen-bond donors (Lipinski definition) is 2. The Morgan fingerprint density at radius 3 is 2.74 bits per heavy atom. The number of hydrogen-bond acceptors (Lipinski definition) is 3. The van der Waals surface area contributed by atoms with Crippen LogP contribution in [0.25, 0.3) is 0 Å². The lowest BCUT2D eigenvalue weighted by atomic mass is 9.86. The molecule has 0 spiro atoms. The van der Waals surface area contributed by atoms with E-state index >= 15 is 0 Å². The molecule has 0 aromatic heterocycles. The predicted molar refractivity (Wildman–Crippen MR) is 113 cm³/mol. The predicted octanol–water partition coefficient (Wildman–Crippen LogP) is 5.44. The Morgan fingerprint density at radius 1 is 1.26 bits per heavy atom. The number of anilines is 1. The molecular weight excluding hydrogens is 336 g/mol. The Labute approximate surface area is 165 Å². The quantitative estimate of drug-likeness (QED) is 0.542. The summed E-state index contributed by atoms with van der Waals surface area (Å²) in [6.07, 6.45) is 12.4. The fourth-order valence-corrected chi connectivity index (χ4v) is 3.97. The molecule has 152 valence electrons. The van der Waals surface area contributed by atoms with Crippen LogP contribution in [0.2, 0.25) is 0 Å². The Balaban J connectivity index is 1.91. The van der Waals surface area contributed by atoms with Crippen molar-refractivity contribution in [1.29, 1.82) is 0 Å². The lowest BCUT2D eigenvalue weighted by molar-refractivity contribution is -0.116. The van der Waals surface area contributed by atoms with Crippen molar-refractivity contribution >= 4 is 11.6 Å². The molecule has 1 aromatic carbocycles. The molecule has 2 rings (SSSR count). The fourth-order valence-electron chi connectivity index (χ4n) is 3.97. The Bertz CT molecular complexity index is 567. The average Bonchev–Trinajstić information content (AvgIpc) is 2.68. The first-order valence-electron chi connectivity index (χ1n) is 10.9. The standard InChI is InChI=1S/C23H38N2O2/c1-3-5-11-20(24)16-19-12-14-21(22(17-19)27-4-2)25-23(26)15-13-18-9-7-6-8-10-18/h12,14,17-18,20H,3-11,13,15-16,24H2,1-2H3,(H,25,26). The third kappa shape index (κ3) is 7.92. The maximum atomic E-state index is 12.4. The highest BCUT2D eigenvalue weighted by molar-refractivity contribution is 5.92. The maximum Gasteiger partial charge on any atom is 0.224 e. The van der Waals surface area contributed by atoms with Crippen molar-refractivity contribution in [1.82, 2.24) is 0 Å². The van der Waals surface area contributed by atoms with Gasteiger partial charge < -0.3 is 15.8 Å². The van der Waals surface area contributed by atoms with Gasteiger partial charge in [0, 0.05) is 12.5 Å². The third-order valence-electron chi connectivity index (χ3n) is 5.55. The van der Waals surface area contributed by atoms with Gasteiger partial charge in [0.15, 0.2) is 0 Å². The highest BCUT2D eigenvalue weighted by atomic mass is 16.5. The van der Waals surface area contributed by atoms with E-state index in [0.29, 0.717) is 13.0 Å². The van der Waals surface area contributed by atoms with Crippen molar-refractivity contribution in [2.45, 2.75) is 90.5 Å². The van der Waals surface area contributed by atoms with E-state index < -0.39 is 0 Å². The molecule has 0 aliphatic heterocycles. The van der Waals surface area contributed by atoms with Gasteiger partial charge in [0.2, 0.25) is 5.91 Å². The highest BCUT2D eigenvalue weighted by Gasteiger charge is 2.16. The second-order valence-electron chi connectivity index (χ2n) is 7.96. The number of unbranched alkanes of at least 4 members (excludes halogenated alkanes) is 1. The number of ether oxygens (including phenoxy) is 1. The van der Waals surface area contributed by atoms with E-state index in [1.165, 1.54) is 44.1 Å². The molecular formula is C23H38N2O2. The zero-order valence-electron chi connectivity index (χ0n) is 17.3. The van der Waals surface area contributed by atoms with Crippen molar-refractivity contribution in [3.63, 3.8) is 0 Å². The zero-order chi connectivity index (χ0) is 19.5. The van der Waals surface area contributed by atoms with Crippen LogP contribution in [-0.2, 0) is 11.2 Å². The largest absolute Gasteiger partial charge is 0.492 e. The van der Waals surface area contributed by atoms with Gasteiger partial charge in [0.1, 0.15) is 5.75 Å². The molecule has 1 aliphatic carbocycles. The van der Waals surface area contributed by atoms with Crippen LogP contribution in [0.3, 0.4) is 0 Å². The summed E-state index contributed by atoms with van der Waals surface area (Å²) in [7, 11) is 0. The van der Waals surface area contributed by atoms with Gasteiger partial charge in [-0.25, -0.2) is 0 Å². The molecule has 1 atom stereocenters. The summed E-state index contributed by atoms with van der Waals surface area (Å²) in [5.74, 6) is 1.57. The van der Waals surface area contributed by atoms with E-state index in [1.807, 2.05) is 19.1 Å². The van der Waals surface area contributed by atoms with Crippen LogP contribution in [0.1, 0.15) is 83.6 Å². The number of carbonyl (C=O) groups excluding carboxylic acids is 1. The molecule has 4 heteroatoms. The van der Waals surface area contributed by atoms with Gasteiger partial charge in [0.05, 0.1) is 12.3 Å². The second-order valence-corrected chi connectivity index (χ2v) is 7.96. The number of rotatable bonds is 11. The summed E-state index contributed by atoms with van der Waals surface area (Å²) >= 11 is 0. The van der Waals surface area contributed by atoms with Crippen LogP contribution in [0.4, 0.5) is 5.69 Å². The van der Waals surface area contributed by atoms with E-state index in [0.717, 1.165) is 43.0 Å². The zero-order valence-corrected chi connectivity index (χ0v) is 17.3. The molecule has 0 bridgehead atoms. The number of amides is 1. The number of carbonyl (C=O) groups is 1. The Morgan fingerprint density at radius 2 is 2.04 bits per heavy atom. The molecule has 1 aliphatic rings. The monoisotopic (exact) mass is 374 g/mol. The first-order valence-corrected chi connectivity index (χ1v) is 10.9. The SMILES string of the molecule is CCCCC(N)Cc1ccc(NC(=O)CCC2CCCCC2)c(OCC)c1. The number of nitrogens with two attached hydrogens (primary N) is 1. The minimum Gasteiger partial charge on any atom is -0.492 e. The van der Waals surface area contributed by atoms with Crippen molar-refractivity contribution in [3.05, 3.63) is 23.8 Å². The van der Waals surface area contributed by atoms with Gasteiger partial charge in [-0.1, -0.05) is 57.9 Å². The average molecular weight is 375 g/mol. The fraction of sp³-hybridized carbons (Fsp3) is 0.696. The molecule has 1 unspecified atom stereocenters. The first kappa shape index (κ1) is 21.7. The van der Waals surface area contributed by atoms with E-state index in [9.17, 15) is 4.79 Å². The topological polar surface area (TPSA) is 64.3 Å². The smallest absolute Gasteiger partial charge is 0.224 e. The summed E-state index contributed by atoms with van der Waals surface area (Å²) in [4.78, 5) is 12.4. The second kappa shape index (κ2) is 12.0. The molecule has 1 amide bonds. The molecule has 0 saturated heterocycles. The third-order valence-corrected chi connectivity index (χ3v) is 5.55. The molecule has 3 N–H and O–H groups in total. The molecule has 1 saturated carbocycles. The van der Waals surface area contributed by atoms with E-state index in [4.69, 9.17) is 10.5 Å². The van der Waals surface area contributed by atoms with E-state index in [2.05, 4.69) is 18.3 Å². The van der Waals surface area contributed by atoms with Crippen LogP contribution >= 0.6 is 0 Å². The highest BCUT2D eigenvalue weighted by Crippen LogP contribution is 2.29. The van der Waals surface area contributed by atoms with Crippen molar-refractivity contribution in [2.24, 2.45) is 11.7 Å².